The minimum Gasteiger partial charge on any atom is -0.489 e. The summed E-state index contributed by atoms with van der Waals surface area (Å²) in [5.41, 5.74) is 2.16. The number of amides is 3. The summed E-state index contributed by atoms with van der Waals surface area (Å²) in [5.74, 6) is 0.181. The minimum atomic E-state index is -0.602. The molecule has 0 aliphatic rings. The summed E-state index contributed by atoms with van der Waals surface area (Å²) < 4.78 is 5.74. The molecule has 7 heteroatoms. The predicted octanol–water partition coefficient (Wildman–Crippen LogP) is 2.39. The van der Waals surface area contributed by atoms with Crippen LogP contribution in [0.3, 0.4) is 0 Å². The summed E-state index contributed by atoms with van der Waals surface area (Å²) in [4.78, 5) is 23.1. The number of hydrogen-bond acceptors (Lipinski definition) is 5. The van der Waals surface area contributed by atoms with Crippen molar-refractivity contribution < 1.29 is 14.3 Å². The van der Waals surface area contributed by atoms with Gasteiger partial charge in [-0.25, -0.2) is 4.79 Å². The van der Waals surface area contributed by atoms with Gasteiger partial charge in [-0.05, 0) is 36.8 Å². The topological polar surface area (TPSA) is 103 Å². The molecular formula is C19H20N4O3. The first-order chi connectivity index (χ1) is 12.5. The van der Waals surface area contributed by atoms with E-state index in [1.807, 2.05) is 12.1 Å². The lowest BCUT2D eigenvalue weighted by molar-refractivity contribution is -0.120. The number of imide groups is 1. The van der Waals surface area contributed by atoms with Crippen molar-refractivity contribution in [3.63, 3.8) is 0 Å². The van der Waals surface area contributed by atoms with Gasteiger partial charge in [0.1, 0.15) is 18.4 Å². The van der Waals surface area contributed by atoms with Crippen molar-refractivity contribution in [3.05, 3.63) is 59.7 Å². The van der Waals surface area contributed by atoms with Crippen LogP contribution >= 0.6 is 0 Å². The van der Waals surface area contributed by atoms with Crippen LogP contribution in [0.2, 0.25) is 0 Å². The highest BCUT2D eigenvalue weighted by atomic mass is 16.5. The number of hydrogen-bond donors (Lipinski definition) is 3. The van der Waals surface area contributed by atoms with E-state index in [4.69, 9.17) is 10.00 Å². The number of benzene rings is 2. The Kier molecular flexibility index (Phi) is 6.57. The number of ether oxygens (including phenoxy) is 1. The van der Waals surface area contributed by atoms with Gasteiger partial charge in [0.25, 0.3) is 0 Å². The lowest BCUT2D eigenvalue weighted by Crippen LogP contribution is -2.44. The van der Waals surface area contributed by atoms with E-state index in [2.05, 4.69) is 22.0 Å². The SMILES string of the molecule is CNC(=O)NC(=O)[C@@H](C)Nc1cccc(OCc2cccc(C#N)c2)c1. The van der Waals surface area contributed by atoms with Crippen LogP contribution in [0, 0.1) is 11.3 Å². The molecule has 0 fully saturated rings. The summed E-state index contributed by atoms with van der Waals surface area (Å²) in [6, 6.07) is 15.3. The molecular weight excluding hydrogens is 332 g/mol. The third-order valence-electron chi connectivity index (χ3n) is 3.54. The maximum absolute atomic E-state index is 11.9. The molecule has 0 unspecified atom stereocenters. The summed E-state index contributed by atoms with van der Waals surface area (Å²) in [5, 5.41) is 16.5. The highest BCUT2D eigenvalue weighted by Gasteiger charge is 2.15. The van der Waals surface area contributed by atoms with E-state index in [1.54, 1.807) is 43.3 Å². The van der Waals surface area contributed by atoms with Crippen molar-refractivity contribution in [1.29, 1.82) is 5.26 Å². The van der Waals surface area contributed by atoms with Gasteiger partial charge in [-0.3, -0.25) is 10.1 Å². The molecule has 0 spiro atoms. The number of nitrogens with zero attached hydrogens (tertiary/aromatic N) is 1. The summed E-state index contributed by atoms with van der Waals surface area (Å²) >= 11 is 0. The second kappa shape index (κ2) is 9.08. The summed E-state index contributed by atoms with van der Waals surface area (Å²) in [7, 11) is 1.44. The minimum absolute atomic E-state index is 0.325. The molecule has 0 saturated heterocycles. The smallest absolute Gasteiger partial charge is 0.321 e. The highest BCUT2D eigenvalue weighted by Crippen LogP contribution is 2.19. The molecule has 134 valence electrons. The first-order valence-corrected chi connectivity index (χ1v) is 8.03. The van der Waals surface area contributed by atoms with Gasteiger partial charge < -0.3 is 15.4 Å². The Balaban J connectivity index is 1.95. The number of nitrogens with one attached hydrogen (secondary N) is 3. The molecule has 0 bridgehead atoms. The van der Waals surface area contributed by atoms with Crippen molar-refractivity contribution in [2.45, 2.75) is 19.6 Å². The highest BCUT2D eigenvalue weighted by molar-refractivity contribution is 5.97. The van der Waals surface area contributed by atoms with Crippen molar-refractivity contribution in [2.75, 3.05) is 12.4 Å². The second-order valence-electron chi connectivity index (χ2n) is 5.56. The van der Waals surface area contributed by atoms with Gasteiger partial charge in [-0.2, -0.15) is 5.26 Å². The Morgan fingerprint density at radius 3 is 2.69 bits per heavy atom. The quantitative estimate of drug-likeness (QED) is 0.741. The van der Waals surface area contributed by atoms with E-state index >= 15 is 0 Å². The van der Waals surface area contributed by atoms with Gasteiger partial charge in [0.05, 0.1) is 11.6 Å². The van der Waals surface area contributed by atoms with Crippen LogP contribution in [0.5, 0.6) is 5.75 Å². The number of anilines is 1. The number of nitriles is 1. The van der Waals surface area contributed by atoms with E-state index < -0.39 is 18.0 Å². The Morgan fingerprint density at radius 1 is 1.19 bits per heavy atom. The first kappa shape index (κ1) is 18.8. The average Bonchev–Trinajstić information content (AvgIpc) is 2.66. The number of urea groups is 1. The molecule has 0 radical (unpaired) electrons. The average molecular weight is 352 g/mol. The van der Waals surface area contributed by atoms with Crippen LogP contribution in [-0.2, 0) is 11.4 Å². The van der Waals surface area contributed by atoms with E-state index in [1.165, 1.54) is 7.05 Å². The van der Waals surface area contributed by atoms with Gasteiger partial charge in [0.2, 0.25) is 5.91 Å². The molecule has 0 aliphatic heterocycles. The van der Waals surface area contributed by atoms with E-state index in [0.29, 0.717) is 23.6 Å². The zero-order chi connectivity index (χ0) is 18.9. The Labute approximate surface area is 152 Å². The number of rotatable bonds is 6. The zero-order valence-electron chi connectivity index (χ0n) is 14.6. The largest absolute Gasteiger partial charge is 0.489 e. The van der Waals surface area contributed by atoms with Gasteiger partial charge >= 0.3 is 6.03 Å². The Hall–Kier alpha value is -3.53. The third kappa shape index (κ3) is 5.53. The molecule has 0 aliphatic carbocycles. The lowest BCUT2D eigenvalue weighted by atomic mass is 10.1. The monoisotopic (exact) mass is 352 g/mol. The molecule has 0 saturated carbocycles. The van der Waals surface area contributed by atoms with Gasteiger partial charge in [0.15, 0.2) is 0 Å². The standard InChI is InChI=1S/C19H20N4O3/c1-13(18(24)23-19(25)21-2)22-16-7-4-8-17(10-16)26-12-15-6-3-5-14(9-15)11-20/h3-10,13,22H,12H2,1-2H3,(H2,21,23,24,25)/t13-/m1/s1. The predicted molar refractivity (Wildman–Crippen MR) is 97.6 cm³/mol. The van der Waals surface area contributed by atoms with E-state index in [-0.39, 0.29) is 0 Å². The molecule has 2 aromatic carbocycles. The molecule has 1 atom stereocenters. The fourth-order valence-corrected chi connectivity index (χ4v) is 2.17. The first-order valence-electron chi connectivity index (χ1n) is 8.03. The van der Waals surface area contributed by atoms with Crippen LogP contribution < -0.4 is 20.7 Å². The number of carbonyl (C=O) groups is 2. The van der Waals surface area contributed by atoms with Crippen molar-refractivity contribution in [2.24, 2.45) is 0 Å². The summed E-state index contributed by atoms with van der Waals surface area (Å²) in [6.45, 7) is 1.98. The Bertz CT molecular complexity index is 830. The molecule has 0 aromatic heterocycles. The zero-order valence-corrected chi connectivity index (χ0v) is 14.6. The van der Waals surface area contributed by atoms with Crippen molar-refractivity contribution in [3.8, 4) is 11.8 Å². The van der Waals surface area contributed by atoms with Crippen LogP contribution in [0.1, 0.15) is 18.1 Å². The van der Waals surface area contributed by atoms with Crippen LogP contribution in [0.15, 0.2) is 48.5 Å². The van der Waals surface area contributed by atoms with Crippen molar-refractivity contribution >= 4 is 17.6 Å². The maximum Gasteiger partial charge on any atom is 0.321 e. The second-order valence-corrected chi connectivity index (χ2v) is 5.56. The fourth-order valence-electron chi connectivity index (χ4n) is 2.17. The number of carbonyl (C=O) groups excluding carboxylic acids is 2. The Morgan fingerprint density at radius 2 is 1.96 bits per heavy atom. The van der Waals surface area contributed by atoms with Crippen LogP contribution in [-0.4, -0.2) is 25.0 Å². The molecule has 3 amide bonds. The van der Waals surface area contributed by atoms with Gasteiger partial charge in [-0.15, -0.1) is 0 Å². The van der Waals surface area contributed by atoms with E-state index in [9.17, 15) is 9.59 Å². The molecule has 3 N–H and O–H groups in total. The van der Waals surface area contributed by atoms with Gasteiger partial charge in [0, 0.05) is 18.8 Å². The molecule has 2 rings (SSSR count). The van der Waals surface area contributed by atoms with Crippen LogP contribution in [0.4, 0.5) is 10.5 Å². The van der Waals surface area contributed by atoms with Crippen LogP contribution in [0.25, 0.3) is 0 Å². The maximum atomic E-state index is 11.9. The molecule has 7 nitrogen and oxygen atoms in total. The summed E-state index contributed by atoms with van der Waals surface area (Å²) in [6.07, 6.45) is 0. The van der Waals surface area contributed by atoms with E-state index in [0.717, 1.165) is 5.56 Å². The molecule has 2 aromatic rings. The normalized spacial score (nSPS) is 11.0. The van der Waals surface area contributed by atoms with Gasteiger partial charge in [-0.1, -0.05) is 18.2 Å². The third-order valence-corrected chi connectivity index (χ3v) is 3.54. The molecule has 26 heavy (non-hydrogen) atoms. The fraction of sp³-hybridized carbons (Fsp3) is 0.211. The van der Waals surface area contributed by atoms with Crippen molar-refractivity contribution in [1.82, 2.24) is 10.6 Å². The molecule has 0 heterocycles. The lowest BCUT2D eigenvalue weighted by Gasteiger charge is -2.15.